The summed E-state index contributed by atoms with van der Waals surface area (Å²) in [5, 5.41) is 0. The molecule has 2 aromatic rings. The zero-order valence-corrected chi connectivity index (χ0v) is 16.4. The van der Waals surface area contributed by atoms with Gasteiger partial charge in [-0.15, -0.1) is 0 Å². The minimum atomic E-state index is -3.78. The highest BCUT2D eigenvalue weighted by Gasteiger charge is 2.35. The van der Waals surface area contributed by atoms with Crippen molar-refractivity contribution in [2.45, 2.75) is 10.9 Å². The molecule has 0 saturated carbocycles. The third-order valence-electron chi connectivity index (χ3n) is 4.85. The molecular weight excluding hydrogens is 371 g/mol. The molecule has 0 N–H and O–H groups in total. The van der Waals surface area contributed by atoms with Crippen molar-refractivity contribution in [3.63, 3.8) is 0 Å². The second-order valence-electron chi connectivity index (χ2n) is 6.43. The molecule has 27 heavy (non-hydrogen) atoms. The van der Waals surface area contributed by atoms with Crippen molar-refractivity contribution in [3.05, 3.63) is 53.8 Å². The van der Waals surface area contributed by atoms with E-state index in [1.807, 2.05) is 7.05 Å². The highest BCUT2D eigenvalue weighted by atomic mass is 32.2. The molecule has 146 valence electrons. The van der Waals surface area contributed by atoms with Crippen molar-refractivity contribution >= 4 is 10.0 Å². The summed E-state index contributed by atoms with van der Waals surface area (Å²) in [5.41, 5.74) is 0.872. The van der Waals surface area contributed by atoms with Crippen LogP contribution in [-0.2, 0) is 10.0 Å². The van der Waals surface area contributed by atoms with Gasteiger partial charge in [0.1, 0.15) is 22.2 Å². The van der Waals surface area contributed by atoms with E-state index in [1.165, 1.54) is 36.7 Å². The first-order chi connectivity index (χ1) is 12.9. The van der Waals surface area contributed by atoms with Crippen LogP contribution in [0.25, 0.3) is 0 Å². The predicted molar refractivity (Wildman–Crippen MR) is 100 cm³/mol. The number of likely N-dealkylation sites (N-methyl/N-ethyl adjacent to an activating group) is 1. The number of hydrogen-bond donors (Lipinski definition) is 0. The van der Waals surface area contributed by atoms with Crippen molar-refractivity contribution < 1.29 is 22.3 Å². The Morgan fingerprint density at radius 3 is 2.37 bits per heavy atom. The van der Waals surface area contributed by atoms with Gasteiger partial charge in [-0.05, 0) is 36.9 Å². The van der Waals surface area contributed by atoms with E-state index in [0.29, 0.717) is 18.8 Å². The molecule has 0 radical (unpaired) electrons. The number of halogens is 1. The Morgan fingerprint density at radius 2 is 1.74 bits per heavy atom. The smallest absolute Gasteiger partial charge is 0.247 e. The largest absolute Gasteiger partial charge is 0.497 e. The highest BCUT2D eigenvalue weighted by Crippen LogP contribution is 2.33. The average Bonchev–Trinajstić information content (AvgIpc) is 2.68. The molecule has 1 aliphatic rings. The van der Waals surface area contributed by atoms with E-state index in [-0.39, 0.29) is 29.0 Å². The quantitative estimate of drug-likeness (QED) is 0.780. The normalized spacial score (nSPS) is 19.0. The molecular formula is C19H23FN2O4S. The van der Waals surface area contributed by atoms with Gasteiger partial charge in [0.15, 0.2) is 0 Å². The maximum atomic E-state index is 13.3. The van der Waals surface area contributed by atoms with E-state index in [0.717, 1.165) is 5.56 Å². The molecule has 0 bridgehead atoms. The summed E-state index contributed by atoms with van der Waals surface area (Å²) in [6, 6.07) is 10.7. The van der Waals surface area contributed by atoms with Crippen LogP contribution in [0.5, 0.6) is 11.5 Å². The van der Waals surface area contributed by atoms with Crippen molar-refractivity contribution in [1.29, 1.82) is 0 Å². The lowest BCUT2D eigenvalue weighted by molar-refractivity contribution is 0.148. The van der Waals surface area contributed by atoms with Crippen LogP contribution in [0.2, 0.25) is 0 Å². The monoisotopic (exact) mass is 394 g/mol. The molecule has 6 nitrogen and oxygen atoms in total. The fraction of sp³-hybridized carbons (Fsp3) is 0.368. The van der Waals surface area contributed by atoms with Crippen LogP contribution >= 0.6 is 0 Å². The van der Waals surface area contributed by atoms with Crippen LogP contribution in [0.3, 0.4) is 0 Å². The molecule has 0 aliphatic carbocycles. The SMILES string of the molecule is COc1ccc(OC)c(S(=O)(=O)N2CCN(C)C(c3ccc(F)cc3)C2)c1. The topological polar surface area (TPSA) is 59.1 Å². The average molecular weight is 394 g/mol. The van der Waals surface area contributed by atoms with Crippen molar-refractivity contribution in [3.8, 4) is 11.5 Å². The summed E-state index contributed by atoms with van der Waals surface area (Å²) in [5.74, 6) is 0.398. The molecule has 8 heteroatoms. The molecule has 1 fully saturated rings. The molecule has 0 amide bonds. The molecule has 1 heterocycles. The summed E-state index contributed by atoms with van der Waals surface area (Å²) in [7, 11) is 1.07. The Labute approximate surface area is 159 Å². The van der Waals surface area contributed by atoms with E-state index >= 15 is 0 Å². The second kappa shape index (κ2) is 7.84. The first-order valence-electron chi connectivity index (χ1n) is 8.54. The second-order valence-corrected chi connectivity index (χ2v) is 8.33. The Morgan fingerprint density at radius 1 is 1.04 bits per heavy atom. The lowest BCUT2D eigenvalue weighted by Gasteiger charge is -2.39. The number of benzene rings is 2. The molecule has 2 aromatic carbocycles. The number of piperazine rings is 1. The fourth-order valence-corrected chi connectivity index (χ4v) is 4.84. The first kappa shape index (κ1) is 19.6. The standard InChI is InChI=1S/C19H23FN2O4S/c1-21-10-11-22(13-17(21)14-4-6-15(20)7-5-14)27(23,24)19-12-16(25-2)8-9-18(19)26-3/h4-9,12,17H,10-11,13H2,1-3H3. The van der Waals surface area contributed by atoms with Crippen LogP contribution in [0.1, 0.15) is 11.6 Å². The first-order valence-corrected chi connectivity index (χ1v) is 9.98. The summed E-state index contributed by atoms with van der Waals surface area (Å²) in [6.45, 7) is 1.19. The Bertz CT molecular complexity index is 902. The van der Waals surface area contributed by atoms with Gasteiger partial charge in [0.2, 0.25) is 10.0 Å². The Hall–Kier alpha value is -2.16. The Balaban J connectivity index is 1.94. The predicted octanol–water partition coefficient (Wildman–Crippen LogP) is 2.52. The van der Waals surface area contributed by atoms with Crippen LogP contribution in [0.4, 0.5) is 4.39 Å². The maximum absolute atomic E-state index is 13.3. The van der Waals surface area contributed by atoms with E-state index in [1.54, 1.807) is 24.3 Å². The lowest BCUT2D eigenvalue weighted by Crippen LogP contribution is -2.48. The van der Waals surface area contributed by atoms with Gasteiger partial charge in [-0.2, -0.15) is 4.31 Å². The van der Waals surface area contributed by atoms with Gasteiger partial charge in [0.25, 0.3) is 0 Å². The van der Waals surface area contributed by atoms with Crippen molar-refractivity contribution in [2.24, 2.45) is 0 Å². The Kier molecular flexibility index (Phi) is 5.69. The number of sulfonamides is 1. The summed E-state index contributed by atoms with van der Waals surface area (Å²) in [4.78, 5) is 2.15. The van der Waals surface area contributed by atoms with Crippen molar-refractivity contribution in [2.75, 3.05) is 40.9 Å². The molecule has 1 saturated heterocycles. The number of nitrogens with zero attached hydrogens (tertiary/aromatic N) is 2. The van der Waals surface area contributed by atoms with Crippen LogP contribution in [0.15, 0.2) is 47.4 Å². The van der Waals surface area contributed by atoms with Crippen molar-refractivity contribution in [1.82, 2.24) is 9.21 Å². The molecule has 0 spiro atoms. The summed E-state index contributed by atoms with van der Waals surface area (Å²) in [6.07, 6.45) is 0. The molecule has 0 aromatic heterocycles. The maximum Gasteiger partial charge on any atom is 0.247 e. The number of hydrogen-bond acceptors (Lipinski definition) is 5. The van der Waals surface area contributed by atoms with Crippen LogP contribution in [0, 0.1) is 5.82 Å². The summed E-state index contributed by atoms with van der Waals surface area (Å²) < 4.78 is 51.7. The molecule has 1 unspecified atom stereocenters. The van der Waals surface area contributed by atoms with Gasteiger partial charge in [-0.3, -0.25) is 4.90 Å². The minimum absolute atomic E-state index is 0.0757. The zero-order valence-electron chi connectivity index (χ0n) is 15.6. The minimum Gasteiger partial charge on any atom is -0.497 e. The van der Waals surface area contributed by atoms with E-state index < -0.39 is 10.0 Å². The third kappa shape index (κ3) is 3.92. The molecule has 1 atom stereocenters. The lowest BCUT2D eigenvalue weighted by atomic mass is 10.0. The summed E-state index contributed by atoms with van der Waals surface area (Å²) >= 11 is 0. The van der Waals surface area contributed by atoms with E-state index in [9.17, 15) is 12.8 Å². The van der Waals surface area contributed by atoms with E-state index in [4.69, 9.17) is 9.47 Å². The number of ether oxygens (including phenoxy) is 2. The van der Waals surface area contributed by atoms with Gasteiger partial charge in [-0.25, -0.2) is 12.8 Å². The number of rotatable bonds is 5. The fourth-order valence-electron chi connectivity index (χ4n) is 3.24. The molecule has 1 aliphatic heterocycles. The van der Waals surface area contributed by atoms with Crippen LogP contribution < -0.4 is 9.47 Å². The van der Waals surface area contributed by atoms with Gasteiger partial charge >= 0.3 is 0 Å². The van der Waals surface area contributed by atoms with Gasteiger partial charge < -0.3 is 9.47 Å². The highest BCUT2D eigenvalue weighted by molar-refractivity contribution is 7.89. The van der Waals surface area contributed by atoms with Gasteiger partial charge in [0, 0.05) is 31.7 Å². The van der Waals surface area contributed by atoms with Crippen LogP contribution in [-0.4, -0.2) is 58.5 Å². The third-order valence-corrected chi connectivity index (χ3v) is 6.74. The van der Waals surface area contributed by atoms with Gasteiger partial charge in [0.05, 0.1) is 14.2 Å². The zero-order chi connectivity index (χ0) is 19.6. The number of methoxy groups -OCH3 is 2. The molecule has 3 rings (SSSR count). The van der Waals surface area contributed by atoms with E-state index in [2.05, 4.69) is 4.90 Å². The van der Waals surface area contributed by atoms with Gasteiger partial charge in [-0.1, -0.05) is 12.1 Å².